The van der Waals surface area contributed by atoms with Gasteiger partial charge in [-0.15, -0.1) is 11.6 Å². The number of morpholine rings is 1. The Bertz CT molecular complexity index is 4670. The Balaban J connectivity index is 0.000000126. The molecular weight excluding hydrogens is 2060 g/mol. The minimum atomic E-state index is -0.417. The number of carbonyl (C=O) groups excluding carboxylic acids is 3. The molecule has 5 saturated heterocycles. The van der Waals surface area contributed by atoms with E-state index in [1.807, 2.05) is 54.0 Å². The number of nitrogens with zero attached hydrogens (tertiary/aromatic N) is 8. The fraction of sp³-hybridized carbons (Fsp3) is 0.453. The quantitative estimate of drug-likeness (QED) is 0.140. The molecule has 0 radical (unpaired) electrons. The summed E-state index contributed by atoms with van der Waals surface area (Å²) in [6.45, 7) is 9.84. The molecule has 5 aliphatic heterocycles. The minimum absolute atomic E-state index is 0.0248. The van der Waals surface area contributed by atoms with Crippen LogP contribution in [-0.4, -0.2) is 160 Å². The summed E-state index contributed by atoms with van der Waals surface area (Å²) in [5, 5.41) is 15.7. The van der Waals surface area contributed by atoms with E-state index in [2.05, 4.69) is 191 Å². The van der Waals surface area contributed by atoms with Crippen molar-refractivity contribution in [2.45, 2.75) is 126 Å². The highest BCUT2D eigenvalue weighted by atomic mass is 79.9. The van der Waals surface area contributed by atoms with Gasteiger partial charge in [0.15, 0.2) is 0 Å². The number of pyridine rings is 4. The van der Waals surface area contributed by atoms with Crippen molar-refractivity contribution in [1.82, 2.24) is 44.9 Å². The zero-order valence-corrected chi connectivity index (χ0v) is 78.8. The third-order valence-corrected chi connectivity index (χ3v) is 29.8. The van der Waals surface area contributed by atoms with E-state index in [-0.39, 0.29) is 41.4 Å². The van der Waals surface area contributed by atoms with Crippen molar-refractivity contribution in [3.05, 3.63) is 243 Å². The summed E-state index contributed by atoms with van der Waals surface area (Å²) in [5.41, 5.74) is 20.5. The van der Waals surface area contributed by atoms with Crippen LogP contribution in [0.5, 0.6) is 0 Å². The van der Waals surface area contributed by atoms with Crippen molar-refractivity contribution in [3.8, 4) is 0 Å². The SMILES string of the molecule is Clc1cc(Br)c2c(c1)CCc1cc(Br)cnc1[C@@H]2C1CCNCC1.O=C(CCl)N1CCC([C@H]2c3ncc(Br)cc3CCc3cc(Cl)cc(Br)c32)CC1.O=C(CN1CCOCC1)N1CCC([C@H]2c3ncc(Br)cc3CCc3cc(Cl)cc(Br)c32)CC1.O=C(CO)N1CCC([C@H]2c3ncc(Br)cc3CCc3cc(Cl)cc(Br)c32)CC1. The second kappa shape index (κ2) is 39.7. The molecule has 2 N–H and O–H groups in total. The first-order valence-electron chi connectivity index (χ1n) is 39.1. The zero-order valence-electron chi connectivity index (χ0n) is 62.3. The van der Waals surface area contributed by atoms with Gasteiger partial charge in [-0.1, -0.05) is 110 Å². The van der Waals surface area contributed by atoms with Gasteiger partial charge in [-0.2, -0.15) is 0 Å². The number of ether oxygens (including phenoxy) is 1. The number of aryl methyl sites for hydroxylation is 8. The van der Waals surface area contributed by atoms with E-state index in [0.717, 1.165) is 223 Å². The van der Waals surface area contributed by atoms with E-state index in [0.29, 0.717) is 49.2 Å². The zero-order chi connectivity index (χ0) is 79.3. The van der Waals surface area contributed by atoms with Gasteiger partial charge in [0.2, 0.25) is 17.7 Å². The number of aliphatic hydroxyl groups is 1. The fourth-order valence-electron chi connectivity index (χ4n) is 19.0. The van der Waals surface area contributed by atoms with Gasteiger partial charge in [0.25, 0.3) is 0 Å². The summed E-state index contributed by atoms with van der Waals surface area (Å²) in [6, 6.07) is 25.3. The number of carbonyl (C=O) groups is 3. The lowest BCUT2D eigenvalue weighted by atomic mass is 9.76. The number of nitrogens with one attached hydrogen (secondary N) is 1. The summed E-state index contributed by atoms with van der Waals surface area (Å²) in [4.78, 5) is 64.2. The van der Waals surface area contributed by atoms with Gasteiger partial charge < -0.3 is 29.9 Å². The van der Waals surface area contributed by atoms with Crippen LogP contribution in [0.3, 0.4) is 0 Å². The molecule has 9 heterocycles. The number of halogens is 13. The molecule has 0 saturated carbocycles. The standard InChI is InChI=1S/C25H28Br2ClN3O2.C21H20Br2Cl2N2O.C21H21Br2ClN2O2.C19H19Br2ClN2/c26-19-11-18-2-1-17-12-20(28)13-21(27)23(17)24(25(18)29-14-19)16-3-5-31(6-4-16)22(32)15-30-7-9-33-10-8-30;22-15-7-14-2-1-13-8-16(25)9-17(23)19(13)20(21(14)26-11-15)12-3-5-27(6-4-12)18(28)10-24;22-15-7-14-2-1-13-8-16(24)9-17(23)19(13)20(21(14)25-10-15)12-3-5-26(6-4-12)18(28)11-27;20-14-7-13-2-1-12-8-15(22)9-16(21)17(12)18(19(13)24-10-14)11-3-5-23-6-4-11/h11-14,16,24H,1-10,15H2;7-9,11-12,20H,1-6,10H2;7-10,12,20,27H,1-6,11H2;7-11,18,23H,1-6H2/t24-;2*20-;18-/m1111/s1. The molecule has 3 amide bonds. The average molecular weight is 2140 g/mol. The number of amides is 3. The Morgan fingerprint density at radius 1 is 0.381 bits per heavy atom. The lowest BCUT2D eigenvalue weighted by Gasteiger charge is -2.38. The van der Waals surface area contributed by atoms with Crippen molar-refractivity contribution in [2.75, 3.05) is 97.7 Å². The van der Waals surface area contributed by atoms with Crippen molar-refractivity contribution in [1.29, 1.82) is 0 Å². The van der Waals surface area contributed by atoms with E-state index in [1.165, 1.54) is 91.0 Å². The Morgan fingerprint density at radius 2 is 0.655 bits per heavy atom. The fourth-order valence-corrected chi connectivity index (χ4v) is 25.1. The number of aliphatic hydroxyl groups excluding tert-OH is 1. The number of alkyl halides is 1. The second-order valence-electron chi connectivity index (χ2n) is 31.0. The van der Waals surface area contributed by atoms with E-state index in [9.17, 15) is 14.4 Å². The van der Waals surface area contributed by atoms with Crippen LogP contribution < -0.4 is 5.32 Å². The molecule has 113 heavy (non-hydrogen) atoms. The van der Waals surface area contributed by atoms with E-state index in [1.54, 1.807) is 4.90 Å². The third-order valence-electron chi connectivity index (χ3n) is 24.3. The molecule has 8 aromatic rings. The van der Waals surface area contributed by atoms with E-state index in [4.69, 9.17) is 87.8 Å². The molecular formula is C86H88Br8Cl5N9O5. The number of hydrogen-bond donors (Lipinski definition) is 2. The number of likely N-dealkylation sites (tertiary alicyclic amines) is 3. The van der Waals surface area contributed by atoms with Crippen LogP contribution in [-0.2, 0) is 70.5 Å². The maximum Gasteiger partial charge on any atom is 0.248 e. The molecule has 9 aliphatic rings. The molecule has 14 nitrogen and oxygen atoms in total. The van der Waals surface area contributed by atoms with Gasteiger partial charge in [0, 0.05) is 157 Å². The normalized spacial score (nSPS) is 20.6. The molecule has 4 aromatic carbocycles. The van der Waals surface area contributed by atoms with Gasteiger partial charge >= 0.3 is 0 Å². The highest BCUT2D eigenvalue weighted by molar-refractivity contribution is 9.11. The van der Waals surface area contributed by atoms with Gasteiger partial charge in [-0.25, -0.2) is 0 Å². The summed E-state index contributed by atoms with van der Waals surface area (Å²) < 4.78 is 13.8. The molecule has 598 valence electrons. The van der Waals surface area contributed by atoms with Crippen molar-refractivity contribution in [2.24, 2.45) is 23.7 Å². The van der Waals surface area contributed by atoms with Crippen molar-refractivity contribution in [3.63, 3.8) is 0 Å². The van der Waals surface area contributed by atoms with Gasteiger partial charge in [0.05, 0.1) is 42.5 Å². The lowest BCUT2D eigenvalue weighted by molar-refractivity contribution is -0.136. The summed E-state index contributed by atoms with van der Waals surface area (Å²) in [6.07, 6.45) is 23.3. The molecule has 0 bridgehead atoms. The Hall–Kier alpha value is -2.98. The van der Waals surface area contributed by atoms with Crippen LogP contribution >= 0.6 is 185 Å². The molecule has 17 rings (SSSR count). The predicted molar refractivity (Wildman–Crippen MR) is 480 cm³/mol. The number of aromatic nitrogens is 4. The van der Waals surface area contributed by atoms with E-state index < -0.39 is 6.61 Å². The van der Waals surface area contributed by atoms with E-state index >= 15 is 0 Å². The molecule has 4 aliphatic carbocycles. The maximum absolute atomic E-state index is 12.9. The number of rotatable bonds is 8. The molecule has 4 atom stereocenters. The van der Waals surface area contributed by atoms with Gasteiger partial charge in [0.1, 0.15) is 12.5 Å². The minimum Gasteiger partial charge on any atom is -0.387 e. The lowest BCUT2D eigenvalue weighted by Crippen LogP contribution is -2.47. The number of fused-ring (bicyclic) bond motifs is 8. The number of hydrogen-bond acceptors (Lipinski definition) is 11. The van der Waals surface area contributed by atoms with Crippen LogP contribution in [0.4, 0.5) is 0 Å². The topological polar surface area (TPSA) is 157 Å². The second-order valence-corrected chi connectivity index (χ2v) is 40.1. The Labute approximate surface area is 754 Å². The number of benzene rings is 4. The molecule has 0 unspecified atom stereocenters. The number of piperidine rings is 4. The first kappa shape index (κ1) is 86.4. The molecule has 27 heteroatoms. The molecule has 0 spiro atoms. The van der Waals surface area contributed by atoms with Gasteiger partial charge in [-0.3, -0.25) is 39.2 Å². The van der Waals surface area contributed by atoms with Crippen LogP contribution in [0, 0.1) is 23.7 Å². The van der Waals surface area contributed by atoms with Crippen molar-refractivity contribution < 1.29 is 24.2 Å². The summed E-state index contributed by atoms with van der Waals surface area (Å²) in [7, 11) is 0. The summed E-state index contributed by atoms with van der Waals surface area (Å²) >= 11 is 60.8. The van der Waals surface area contributed by atoms with Crippen LogP contribution in [0.1, 0.15) is 165 Å². The van der Waals surface area contributed by atoms with Crippen LogP contribution in [0.25, 0.3) is 0 Å². The average Bonchev–Trinajstić information content (AvgIpc) is 1.73. The largest absolute Gasteiger partial charge is 0.387 e. The van der Waals surface area contributed by atoms with Crippen LogP contribution in [0.15, 0.2) is 133 Å². The van der Waals surface area contributed by atoms with Crippen molar-refractivity contribution >= 4 is 203 Å². The monoisotopic (exact) mass is 2130 g/mol. The predicted octanol–water partition coefficient (Wildman–Crippen LogP) is 21.2. The van der Waals surface area contributed by atoms with Crippen LogP contribution in [0.2, 0.25) is 20.1 Å². The Morgan fingerprint density at radius 3 is 0.947 bits per heavy atom. The smallest absolute Gasteiger partial charge is 0.248 e. The first-order chi connectivity index (χ1) is 54.6. The molecule has 4 aromatic heterocycles. The highest BCUT2D eigenvalue weighted by Gasteiger charge is 2.42. The maximum atomic E-state index is 12.9. The molecule has 5 fully saturated rings. The highest BCUT2D eigenvalue weighted by Crippen LogP contribution is 2.52. The Kier molecular flexibility index (Phi) is 30.4. The third kappa shape index (κ3) is 20.5. The first-order valence-corrected chi connectivity index (χ1v) is 47.5. The van der Waals surface area contributed by atoms with Gasteiger partial charge in [-0.05, 0) is 343 Å². The summed E-state index contributed by atoms with van der Waals surface area (Å²) in [5.74, 6) is 2.89.